The van der Waals surface area contributed by atoms with Crippen molar-refractivity contribution in [2.24, 2.45) is 11.3 Å². The highest BCUT2D eigenvalue weighted by atomic mass is 35.5. The largest absolute Gasteiger partial charge is 0.343 e. The van der Waals surface area contributed by atoms with E-state index >= 15 is 0 Å². The predicted molar refractivity (Wildman–Crippen MR) is 101 cm³/mol. The second kappa shape index (κ2) is 7.72. The van der Waals surface area contributed by atoms with E-state index in [1.165, 1.54) is 24.4 Å². The molecule has 1 spiro atoms. The number of halogens is 2. The number of piperidine rings is 1. The molecule has 0 radical (unpaired) electrons. The van der Waals surface area contributed by atoms with Crippen LogP contribution in [0.15, 0.2) is 0 Å². The minimum Gasteiger partial charge on any atom is -0.343 e. The highest BCUT2D eigenvalue weighted by Gasteiger charge is 2.58. The van der Waals surface area contributed by atoms with Crippen molar-refractivity contribution in [3.63, 3.8) is 0 Å². The topological polar surface area (TPSA) is 61.4 Å². The van der Waals surface area contributed by atoms with Crippen molar-refractivity contribution >= 4 is 47.4 Å². The van der Waals surface area contributed by atoms with Crippen LogP contribution in [-0.4, -0.2) is 59.4 Å². The van der Waals surface area contributed by atoms with Crippen molar-refractivity contribution < 1.29 is 4.79 Å². The molecule has 4 rings (SSSR count). The van der Waals surface area contributed by atoms with Crippen molar-refractivity contribution in [1.82, 2.24) is 19.6 Å². The molecule has 24 heavy (non-hydrogen) atoms. The quantitative estimate of drug-likeness (QED) is 0.828. The lowest BCUT2D eigenvalue weighted by Gasteiger charge is -2.35. The molecule has 6 nitrogen and oxygen atoms in total. The first-order chi connectivity index (χ1) is 10.7. The van der Waals surface area contributed by atoms with Crippen LogP contribution in [0.1, 0.15) is 25.1 Å². The Bertz CT molecular complexity index is 570. The zero-order valence-corrected chi connectivity index (χ0v) is 16.3. The molecule has 1 aromatic heterocycles. The van der Waals surface area contributed by atoms with Gasteiger partial charge in [0.1, 0.15) is 5.82 Å². The summed E-state index contributed by atoms with van der Waals surface area (Å²) in [5.41, 5.74) is 0.343. The number of carbonyl (C=O) groups excluding carboxylic acids is 1. The average molecular weight is 394 g/mol. The summed E-state index contributed by atoms with van der Waals surface area (Å²) in [5.74, 6) is 1.53. The Balaban J connectivity index is 0.00000104. The summed E-state index contributed by atoms with van der Waals surface area (Å²) in [4.78, 5) is 21.5. The highest BCUT2D eigenvalue weighted by molar-refractivity contribution is 7.09. The van der Waals surface area contributed by atoms with Crippen molar-refractivity contribution in [2.45, 2.75) is 26.2 Å². The molecule has 0 aromatic carbocycles. The summed E-state index contributed by atoms with van der Waals surface area (Å²) < 4.78 is 4.24. The minimum absolute atomic E-state index is 0. The second-order valence-electron chi connectivity index (χ2n) is 6.81. The monoisotopic (exact) mass is 393 g/mol. The van der Waals surface area contributed by atoms with Crippen molar-refractivity contribution in [3.8, 4) is 0 Å². The molecule has 1 aromatic rings. The Hall–Kier alpha value is -0.630. The maximum absolute atomic E-state index is 12.7. The summed E-state index contributed by atoms with van der Waals surface area (Å²) in [6.07, 6.45) is 3.46. The number of anilines is 1. The van der Waals surface area contributed by atoms with Gasteiger partial charge in [0.05, 0.1) is 0 Å². The van der Waals surface area contributed by atoms with Crippen LogP contribution < -0.4 is 10.2 Å². The maximum atomic E-state index is 12.7. The number of rotatable bonds is 2. The summed E-state index contributed by atoms with van der Waals surface area (Å²) >= 11 is 1.46. The van der Waals surface area contributed by atoms with E-state index in [0.717, 1.165) is 56.6 Å². The molecule has 3 fully saturated rings. The van der Waals surface area contributed by atoms with Gasteiger partial charge in [0.15, 0.2) is 0 Å². The van der Waals surface area contributed by atoms with E-state index < -0.39 is 0 Å². The zero-order valence-electron chi connectivity index (χ0n) is 13.9. The van der Waals surface area contributed by atoms with Crippen molar-refractivity contribution in [1.29, 1.82) is 0 Å². The fraction of sp³-hybridized carbons (Fsp3) is 0.800. The standard InChI is InChI=1S/C15H23N5OS.2ClH/c1-11-17-14(22-18-11)20-8-6-19(7-9-20)13(21)12-10-15(12)2-4-16-5-3-15;;/h12,16H,2-10H2,1H3;2*1H. The van der Waals surface area contributed by atoms with Gasteiger partial charge in [0.25, 0.3) is 0 Å². The first kappa shape index (κ1) is 19.7. The van der Waals surface area contributed by atoms with Crippen LogP contribution in [-0.2, 0) is 4.79 Å². The number of amides is 1. The Morgan fingerprint density at radius 3 is 2.46 bits per heavy atom. The molecule has 3 heterocycles. The summed E-state index contributed by atoms with van der Waals surface area (Å²) in [7, 11) is 0. The lowest BCUT2D eigenvalue weighted by atomic mass is 9.91. The Morgan fingerprint density at radius 2 is 1.88 bits per heavy atom. The van der Waals surface area contributed by atoms with Gasteiger partial charge >= 0.3 is 0 Å². The maximum Gasteiger partial charge on any atom is 0.226 e. The predicted octanol–water partition coefficient (Wildman–Crippen LogP) is 1.73. The minimum atomic E-state index is 0. The molecule has 3 aliphatic rings. The number of hydrogen-bond acceptors (Lipinski definition) is 6. The van der Waals surface area contributed by atoms with Crippen LogP contribution in [0.25, 0.3) is 0 Å². The van der Waals surface area contributed by atoms with Crippen LogP contribution in [0.3, 0.4) is 0 Å². The van der Waals surface area contributed by atoms with E-state index in [-0.39, 0.29) is 24.8 Å². The number of carbonyl (C=O) groups is 1. The normalized spacial score (nSPS) is 25.0. The summed E-state index contributed by atoms with van der Waals surface area (Å²) in [6, 6.07) is 0. The van der Waals surface area contributed by atoms with Crippen LogP contribution in [0.5, 0.6) is 0 Å². The van der Waals surface area contributed by atoms with Gasteiger partial charge in [-0.2, -0.15) is 4.37 Å². The van der Waals surface area contributed by atoms with E-state index in [0.29, 0.717) is 17.2 Å². The van der Waals surface area contributed by atoms with E-state index in [9.17, 15) is 4.79 Å². The van der Waals surface area contributed by atoms with Gasteiger partial charge in [0, 0.05) is 43.6 Å². The van der Waals surface area contributed by atoms with Crippen molar-refractivity contribution in [2.75, 3.05) is 44.2 Å². The van der Waals surface area contributed by atoms with Gasteiger partial charge in [-0.3, -0.25) is 4.79 Å². The SMILES string of the molecule is Cc1nsc(N2CCN(C(=O)C3CC34CCNCC4)CC2)n1.Cl.Cl. The Labute approximate surface area is 159 Å². The Kier molecular flexibility index (Phi) is 6.34. The number of nitrogens with zero attached hydrogens (tertiary/aromatic N) is 4. The Morgan fingerprint density at radius 1 is 1.21 bits per heavy atom. The molecule has 0 bridgehead atoms. The van der Waals surface area contributed by atoms with Gasteiger partial charge < -0.3 is 15.1 Å². The van der Waals surface area contributed by atoms with Gasteiger partial charge in [-0.15, -0.1) is 24.8 Å². The molecular formula is C15H25Cl2N5OS. The zero-order chi connectivity index (χ0) is 15.2. The van der Waals surface area contributed by atoms with E-state index in [4.69, 9.17) is 0 Å². The number of aromatic nitrogens is 2. The van der Waals surface area contributed by atoms with E-state index in [1.54, 1.807) is 0 Å². The van der Waals surface area contributed by atoms with Gasteiger partial charge in [-0.1, -0.05) is 0 Å². The fourth-order valence-electron chi connectivity index (χ4n) is 3.93. The number of piperazine rings is 1. The highest BCUT2D eigenvalue weighted by Crippen LogP contribution is 2.59. The van der Waals surface area contributed by atoms with Crippen LogP contribution in [0.4, 0.5) is 5.13 Å². The van der Waals surface area contributed by atoms with Crippen LogP contribution in [0, 0.1) is 18.3 Å². The fourth-order valence-corrected chi connectivity index (χ4v) is 4.65. The van der Waals surface area contributed by atoms with Gasteiger partial charge in [-0.25, -0.2) is 4.98 Å². The van der Waals surface area contributed by atoms with Gasteiger partial charge in [-0.05, 0) is 44.7 Å². The lowest BCUT2D eigenvalue weighted by Crippen LogP contribution is -2.49. The average Bonchev–Trinajstić information content (AvgIpc) is 3.05. The number of nitrogens with one attached hydrogen (secondary N) is 1. The number of aryl methyl sites for hydroxylation is 1. The molecule has 1 saturated carbocycles. The van der Waals surface area contributed by atoms with Crippen molar-refractivity contribution in [3.05, 3.63) is 5.82 Å². The molecule has 1 aliphatic carbocycles. The first-order valence-electron chi connectivity index (χ1n) is 8.23. The molecule has 2 aliphatic heterocycles. The molecule has 2 saturated heterocycles. The van der Waals surface area contributed by atoms with E-state index in [1.807, 2.05) is 6.92 Å². The molecule has 9 heteroatoms. The van der Waals surface area contributed by atoms with Crippen LogP contribution in [0.2, 0.25) is 0 Å². The summed E-state index contributed by atoms with van der Waals surface area (Å²) in [5, 5.41) is 4.39. The third-order valence-electron chi connectivity index (χ3n) is 5.47. The number of hydrogen-bond donors (Lipinski definition) is 1. The second-order valence-corrected chi connectivity index (χ2v) is 7.54. The molecule has 1 amide bonds. The molecule has 136 valence electrons. The van der Waals surface area contributed by atoms with Gasteiger partial charge in [0.2, 0.25) is 11.0 Å². The molecular weight excluding hydrogens is 369 g/mol. The first-order valence-corrected chi connectivity index (χ1v) is 9.00. The molecule has 1 unspecified atom stereocenters. The smallest absolute Gasteiger partial charge is 0.226 e. The lowest BCUT2D eigenvalue weighted by molar-refractivity contribution is -0.133. The molecule has 1 atom stereocenters. The summed E-state index contributed by atoms with van der Waals surface area (Å²) in [6.45, 7) is 7.47. The van der Waals surface area contributed by atoms with Crippen LogP contribution >= 0.6 is 36.3 Å². The molecule has 1 N–H and O–H groups in total. The third kappa shape index (κ3) is 3.64. The van der Waals surface area contributed by atoms with E-state index in [2.05, 4.69) is 24.5 Å². The third-order valence-corrected chi connectivity index (χ3v) is 6.33.